The Morgan fingerprint density at radius 1 is 0.826 bits per heavy atom. The van der Waals surface area contributed by atoms with E-state index in [2.05, 4.69) is 5.32 Å². The molecular weight excluding hydrogens is 618 g/mol. The zero-order valence-corrected chi connectivity index (χ0v) is 28.4. The number of benzene rings is 4. The second-order valence-electron chi connectivity index (χ2n) is 11.6. The number of rotatable bonds is 14. The molecule has 7 nitrogen and oxygen atoms in total. The number of hydrogen-bond acceptors (Lipinski definition) is 4. The zero-order chi connectivity index (χ0) is 33.3. The number of nitrogens with zero attached hydrogens (tertiary/aromatic N) is 2. The highest BCUT2D eigenvalue weighted by Crippen LogP contribution is 2.29. The molecule has 0 radical (unpaired) electrons. The molecule has 4 aromatic rings. The molecule has 0 unspecified atom stereocenters. The molecular formula is C37H42ClN3O4S. The van der Waals surface area contributed by atoms with Gasteiger partial charge in [-0.2, -0.15) is 0 Å². The smallest absolute Gasteiger partial charge is 0.264 e. The molecule has 0 fully saturated rings. The maximum atomic E-state index is 14.6. The monoisotopic (exact) mass is 659 g/mol. The molecule has 0 heterocycles. The normalized spacial score (nSPS) is 11.9. The quantitative estimate of drug-likeness (QED) is 0.148. The third kappa shape index (κ3) is 8.98. The van der Waals surface area contributed by atoms with E-state index in [1.165, 1.54) is 4.90 Å². The summed E-state index contributed by atoms with van der Waals surface area (Å²) in [5, 5.41) is 3.50. The first kappa shape index (κ1) is 34.7. The molecule has 4 rings (SSSR count). The van der Waals surface area contributed by atoms with Crippen LogP contribution >= 0.6 is 11.6 Å². The maximum Gasteiger partial charge on any atom is 0.264 e. The number of carbonyl (C=O) groups is 2. The molecule has 46 heavy (non-hydrogen) atoms. The molecule has 9 heteroatoms. The summed E-state index contributed by atoms with van der Waals surface area (Å²) in [6.07, 6.45) is 1.94. The molecule has 1 N–H and O–H groups in total. The summed E-state index contributed by atoms with van der Waals surface area (Å²) in [7, 11) is -4.17. The second-order valence-corrected chi connectivity index (χ2v) is 13.9. The molecule has 0 bridgehead atoms. The van der Waals surface area contributed by atoms with Crippen molar-refractivity contribution in [3.05, 3.63) is 130 Å². The summed E-state index contributed by atoms with van der Waals surface area (Å²) in [6, 6.07) is 27.7. The minimum atomic E-state index is -4.17. The Bertz CT molecular complexity index is 1740. The van der Waals surface area contributed by atoms with Gasteiger partial charge in [0, 0.05) is 24.5 Å². The average Bonchev–Trinajstić information content (AvgIpc) is 3.02. The van der Waals surface area contributed by atoms with Crippen molar-refractivity contribution in [1.29, 1.82) is 0 Å². The first-order chi connectivity index (χ1) is 22.0. The SMILES string of the molecule is CCCCNC(=O)[C@H](Cc1ccccc1)N(Cc1cccc(Cl)c1)C(=O)CN(c1ccc(C)cc1C)S(=O)(=O)c1ccc(C)cc1. The predicted octanol–water partition coefficient (Wildman–Crippen LogP) is 7.02. The summed E-state index contributed by atoms with van der Waals surface area (Å²) < 4.78 is 29.7. The zero-order valence-electron chi connectivity index (χ0n) is 26.9. The Balaban J connectivity index is 1.81. The summed E-state index contributed by atoms with van der Waals surface area (Å²) in [6.45, 7) is 7.70. The number of hydrogen-bond donors (Lipinski definition) is 1. The largest absolute Gasteiger partial charge is 0.354 e. The van der Waals surface area contributed by atoms with Gasteiger partial charge in [-0.15, -0.1) is 0 Å². The molecule has 2 amide bonds. The molecule has 0 aliphatic rings. The van der Waals surface area contributed by atoms with Crippen LogP contribution in [0.15, 0.2) is 102 Å². The topological polar surface area (TPSA) is 86.8 Å². The minimum Gasteiger partial charge on any atom is -0.354 e. The number of sulfonamides is 1. The van der Waals surface area contributed by atoms with Crippen molar-refractivity contribution in [3.8, 4) is 0 Å². The molecule has 0 spiro atoms. The number of amides is 2. The van der Waals surface area contributed by atoms with E-state index in [0.717, 1.165) is 39.4 Å². The van der Waals surface area contributed by atoms with E-state index >= 15 is 0 Å². The molecule has 0 aliphatic carbocycles. The maximum absolute atomic E-state index is 14.6. The Kier molecular flexibility index (Phi) is 12.0. The van der Waals surface area contributed by atoms with Crippen LogP contribution in [-0.2, 0) is 32.6 Å². The lowest BCUT2D eigenvalue weighted by atomic mass is 10.0. The molecule has 1 atom stereocenters. The van der Waals surface area contributed by atoms with Crippen molar-refractivity contribution < 1.29 is 18.0 Å². The number of anilines is 1. The fraction of sp³-hybridized carbons (Fsp3) is 0.297. The molecule has 242 valence electrons. The number of aryl methyl sites for hydroxylation is 3. The van der Waals surface area contributed by atoms with Gasteiger partial charge in [0.1, 0.15) is 12.6 Å². The lowest BCUT2D eigenvalue weighted by Crippen LogP contribution is -2.53. The molecule has 4 aromatic carbocycles. The van der Waals surface area contributed by atoms with E-state index in [1.807, 2.05) is 76.2 Å². The van der Waals surface area contributed by atoms with E-state index in [4.69, 9.17) is 11.6 Å². The summed E-state index contributed by atoms with van der Waals surface area (Å²) >= 11 is 6.33. The van der Waals surface area contributed by atoms with E-state index < -0.39 is 28.5 Å². The fourth-order valence-corrected chi connectivity index (χ4v) is 7.02. The summed E-state index contributed by atoms with van der Waals surface area (Å²) in [5.41, 5.74) is 4.59. The molecule has 0 saturated heterocycles. The number of unbranched alkanes of at least 4 members (excludes halogenated alkanes) is 1. The van der Waals surface area contributed by atoms with Crippen LogP contribution in [0.4, 0.5) is 5.69 Å². The van der Waals surface area contributed by atoms with Gasteiger partial charge in [-0.25, -0.2) is 8.42 Å². The van der Waals surface area contributed by atoms with E-state index in [-0.39, 0.29) is 23.8 Å². The second kappa shape index (κ2) is 15.9. The van der Waals surface area contributed by atoms with Gasteiger partial charge in [-0.05, 0) is 74.2 Å². The van der Waals surface area contributed by atoms with Crippen LogP contribution in [0.2, 0.25) is 5.02 Å². The molecule has 0 aliphatic heterocycles. The number of nitrogens with one attached hydrogen (secondary N) is 1. The Hall–Kier alpha value is -4.14. The van der Waals surface area contributed by atoms with Crippen LogP contribution in [0.25, 0.3) is 0 Å². The van der Waals surface area contributed by atoms with Gasteiger partial charge in [-0.3, -0.25) is 13.9 Å². The third-order valence-electron chi connectivity index (χ3n) is 7.85. The van der Waals surface area contributed by atoms with Crippen molar-refractivity contribution in [2.45, 2.75) is 64.4 Å². The highest BCUT2D eigenvalue weighted by molar-refractivity contribution is 7.92. The van der Waals surface area contributed by atoms with Crippen LogP contribution in [-0.4, -0.2) is 44.3 Å². The van der Waals surface area contributed by atoms with Gasteiger partial charge in [-0.1, -0.05) is 103 Å². The Morgan fingerprint density at radius 2 is 1.50 bits per heavy atom. The van der Waals surface area contributed by atoms with Crippen molar-refractivity contribution in [2.75, 3.05) is 17.4 Å². The fourth-order valence-electron chi connectivity index (χ4n) is 5.33. The average molecular weight is 660 g/mol. The van der Waals surface area contributed by atoms with Crippen molar-refractivity contribution >= 4 is 39.1 Å². The van der Waals surface area contributed by atoms with Crippen LogP contribution in [0.5, 0.6) is 0 Å². The van der Waals surface area contributed by atoms with Gasteiger partial charge >= 0.3 is 0 Å². The molecule has 0 aromatic heterocycles. The van der Waals surface area contributed by atoms with E-state index in [9.17, 15) is 18.0 Å². The van der Waals surface area contributed by atoms with Gasteiger partial charge in [0.05, 0.1) is 10.6 Å². The van der Waals surface area contributed by atoms with Crippen LogP contribution in [0.1, 0.15) is 47.6 Å². The Labute approximate surface area is 278 Å². The van der Waals surface area contributed by atoms with Gasteiger partial charge in [0.2, 0.25) is 11.8 Å². The Morgan fingerprint density at radius 3 is 2.15 bits per heavy atom. The lowest BCUT2D eigenvalue weighted by molar-refractivity contribution is -0.140. The molecule has 0 saturated carbocycles. The lowest BCUT2D eigenvalue weighted by Gasteiger charge is -2.34. The van der Waals surface area contributed by atoms with Crippen molar-refractivity contribution in [2.24, 2.45) is 0 Å². The van der Waals surface area contributed by atoms with Crippen LogP contribution in [0, 0.1) is 20.8 Å². The van der Waals surface area contributed by atoms with Gasteiger partial charge in [0.25, 0.3) is 10.0 Å². The van der Waals surface area contributed by atoms with Crippen molar-refractivity contribution in [3.63, 3.8) is 0 Å². The first-order valence-corrected chi connectivity index (χ1v) is 17.3. The highest BCUT2D eigenvalue weighted by Gasteiger charge is 2.35. The third-order valence-corrected chi connectivity index (χ3v) is 9.86. The number of carbonyl (C=O) groups excluding carboxylic acids is 2. The first-order valence-electron chi connectivity index (χ1n) is 15.5. The van der Waals surface area contributed by atoms with Crippen molar-refractivity contribution in [1.82, 2.24) is 10.2 Å². The predicted molar refractivity (Wildman–Crippen MR) is 185 cm³/mol. The van der Waals surface area contributed by atoms with Gasteiger partial charge < -0.3 is 10.2 Å². The summed E-state index contributed by atoms with van der Waals surface area (Å²) in [5.74, 6) is -0.811. The van der Waals surface area contributed by atoms with E-state index in [0.29, 0.717) is 22.8 Å². The highest BCUT2D eigenvalue weighted by atomic mass is 35.5. The number of halogens is 1. The standard InChI is InChI=1S/C37H42ClN3O4S/c1-5-6-21-39-37(43)35(24-30-11-8-7-9-12-30)40(25-31-13-10-14-32(38)23-31)36(42)26-41(34-20-17-28(3)22-29(34)4)46(44,45)33-18-15-27(2)16-19-33/h7-20,22-23,35H,5-6,21,24-26H2,1-4H3,(H,39,43)/t35-/m0/s1. The van der Waals surface area contributed by atoms with E-state index in [1.54, 1.807) is 48.5 Å². The van der Waals surface area contributed by atoms with Gasteiger partial charge in [0.15, 0.2) is 0 Å². The van der Waals surface area contributed by atoms with Crippen LogP contribution < -0.4 is 9.62 Å². The summed E-state index contributed by atoms with van der Waals surface area (Å²) in [4.78, 5) is 30.0. The minimum absolute atomic E-state index is 0.0589. The van der Waals surface area contributed by atoms with Crippen LogP contribution in [0.3, 0.4) is 0 Å².